The van der Waals surface area contributed by atoms with E-state index in [2.05, 4.69) is 0 Å². The third-order valence-corrected chi connectivity index (χ3v) is 1.92. The van der Waals surface area contributed by atoms with Crippen LogP contribution in [0.1, 0.15) is 18.4 Å². The van der Waals surface area contributed by atoms with E-state index < -0.39 is 5.97 Å². The second kappa shape index (κ2) is 5.27. The number of carboxylic acid groups (broad SMARTS) is 1. The molecule has 0 aromatic heterocycles. The van der Waals surface area contributed by atoms with E-state index in [-0.39, 0.29) is 5.75 Å². The summed E-state index contributed by atoms with van der Waals surface area (Å²) in [4.78, 5) is 10.2. The minimum atomic E-state index is -0.865. The van der Waals surface area contributed by atoms with E-state index in [4.69, 9.17) is 10.2 Å². The molecule has 0 saturated heterocycles. The molecule has 3 heteroatoms. The number of hydrogen-bond acceptors (Lipinski definition) is 2. The normalized spacial score (nSPS) is 10.0. The average molecular weight is 193 g/mol. The summed E-state index contributed by atoms with van der Waals surface area (Å²) in [6, 6.07) is 6.96. The highest BCUT2D eigenvalue weighted by atomic mass is 16.4. The maximum absolute atomic E-state index is 10.2. The van der Waals surface area contributed by atoms with Crippen molar-refractivity contribution in [2.45, 2.75) is 19.3 Å². The molecule has 0 aliphatic rings. The fourth-order valence-corrected chi connectivity index (χ4v) is 1.19. The number of phenols is 1. The van der Waals surface area contributed by atoms with Gasteiger partial charge in [0.2, 0.25) is 0 Å². The molecular formula is C11H13O3. The van der Waals surface area contributed by atoms with Gasteiger partial charge in [-0.25, -0.2) is 0 Å². The quantitative estimate of drug-likeness (QED) is 0.703. The van der Waals surface area contributed by atoms with E-state index in [0.717, 1.165) is 18.4 Å². The van der Waals surface area contributed by atoms with Crippen molar-refractivity contribution in [1.29, 1.82) is 0 Å². The van der Waals surface area contributed by atoms with Crippen LogP contribution in [0.3, 0.4) is 0 Å². The Hall–Kier alpha value is -1.51. The summed E-state index contributed by atoms with van der Waals surface area (Å²) in [6.45, 7) is 0. The highest BCUT2D eigenvalue weighted by Gasteiger charge is 1.98. The van der Waals surface area contributed by atoms with Crippen LogP contribution in [0.2, 0.25) is 0 Å². The topological polar surface area (TPSA) is 57.5 Å². The highest BCUT2D eigenvalue weighted by Crippen LogP contribution is 2.12. The number of hydrogen-bond donors (Lipinski definition) is 2. The predicted octanol–water partition coefficient (Wildman–Crippen LogP) is 2.00. The maximum Gasteiger partial charge on any atom is 0.307 e. The molecule has 14 heavy (non-hydrogen) atoms. The minimum Gasteiger partial charge on any atom is -0.508 e. The molecule has 3 nitrogen and oxygen atoms in total. The third kappa shape index (κ3) is 3.94. The molecule has 75 valence electrons. The highest BCUT2D eigenvalue weighted by molar-refractivity contribution is 5.76. The van der Waals surface area contributed by atoms with E-state index in [1.165, 1.54) is 6.42 Å². The molecule has 0 spiro atoms. The van der Waals surface area contributed by atoms with Crippen molar-refractivity contribution in [2.75, 3.05) is 0 Å². The first-order chi connectivity index (χ1) is 6.68. The molecular weight excluding hydrogens is 180 g/mol. The van der Waals surface area contributed by atoms with Crippen LogP contribution in [-0.4, -0.2) is 16.2 Å². The van der Waals surface area contributed by atoms with Gasteiger partial charge in [-0.05, 0) is 37.0 Å². The lowest BCUT2D eigenvalue weighted by Crippen LogP contribution is -1.95. The van der Waals surface area contributed by atoms with Gasteiger partial charge in [0.05, 0.1) is 6.42 Å². The summed E-state index contributed by atoms with van der Waals surface area (Å²) in [5.74, 6) is -0.610. The number of carboxylic acids is 1. The molecule has 0 bridgehead atoms. The number of aryl methyl sites for hydroxylation is 1. The molecule has 0 aliphatic carbocycles. The van der Waals surface area contributed by atoms with E-state index in [1.807, 2.05) is 12.1 Å². The largest absolute Gasteiger partial charge is 0.508 e. The van der Waals surface area contributed by atoms with Gasteiger partial charge in [0, 0.05) is 0 Å². The molecule has 0 heterocycles. The number of aliphatic carboxylic acids is 1. The standard InChI is InChI=1S/C11H13O3/c12-10-7-5-9(6-8-10)3-1-2-4-11(13)14/h4-8,12H,1-3H2,(H,13,14). The Balaban J connectivity index is 2.25. The second-order valence-electron chi connectivity index (χ2n) is 3.10. The Morgan fingerprint density at radius 3 is 2.50 bits per heavy atom. The Labute approximate surface area is 83.0 Å². The first-order valence-corrected chi connectivity index (χ1v) is 4.52. The number of phenolic OH excluding ortho intramolecular Hbond substituents is 1. The third-order valence-electron chi connectivity index (χ3n) is 1.92. The molecule has 1 aromatic carbocycles. The Morgan fingerprint density at radius 1 is 1.29 bits per heavy atom. The van der Waals surface area contributed by atoms with Gasteiger partial charge >= 0.3 is 5.97 Å². The van der Waals surface area contributed by atoms with Crippen LogP contribution in [0, 0.1) is 6.42 Å². The summed E-state index contributed by atoms with van der Waals surface area (Å²) in [5.41, 5.74) is 1.11. The van der Waals surface area contributed by atoms with Gasteiger partial charge in [0.25, 0.3) is 0 Å². The molecule has 0 aliphatic heterocycles. The van der Waals surface area contributed by atoms with Crippen LogP contribution in [-0.2, 0) is 11.2 Å². The minimum absolute atomic E-state index is 0.255. The molecule has 0 unspecified atom stereocenters. The molecule has 1 aromatic rings. The van der Waals surface area contributed by atoms with Crippen molar-refractivity contribution in [3.8, 4) is 5.75 Å². The van der Waals surface area contributed by atoms with Crippen LogP contribution in [0.15, 0.2) is 24.3 Å². The fourth-order valence-electron chi connectivity index (χ4n) is 1.19. The number of carbonyl (C=O) groups is 1. The summed E-state index contributed by atoms with van der Waals surface area (Å²) < 4.78 is 0. The van der Waals surface area contributed by atoms with Gasteiger partial charge < -0.3 is 10.2 Å². The van der Waals surface area contributed by atoms with Crippen LogP contribution >= 0.6 is 0 Å². The summed E-state index contributed by atoms with van der Waals surface area (Å²) in [7, 11) is 0. The zero-order valence-electron chi connectivity index (χ0n) is 7.81. The molecule has 0 fully saturated rings. The summed E-state index contributed by atoms with van der Waals surface area (Å²) >= 11 is 0. The maximum atomic E-state index is 10.2. The number of rotatable bonds is 5. The lowest BCUT2D eigenvalue weighted by Gasteiger charge is -2.00. The first kappa shape index (κ1) is 10.6. The van der Waals surface area contributed by atoms with Gasteiger partial charge in [0.1, 0.15) is 5.75 Å². The summed E-state index contributed by atoms with van der Waals surface area (Å²) in [6.07, 6.45) is 3.50. The van der Waals surface area contributed by atoms with Gasteiger partial charge in [-0.2, -0.15) is 0 Å². The summed E-state index contributed by atoms with van der Waals surface area (Å²) in [5, 5.41) is 17.4. The van der Waals surface area contributed by atoms with Gasteiger partial charge in [-0.3, -0.25) is 4.79 Å². The predicted molar refractivity (Wildman–Crippen MR) is 53.0 cm³/mol. The molecule has 0 amide bonds. The van der Waals surface area contributed by atoms with Crippen LogP contribution < -0.4 is 0 Å². The average Bonchev–Trinajstić information content (AvgIpc) is 2.15. The second-order valence-corrected chi connectivity index (χ2v) is 3.10. The zero-order valence-corrected chi connectivity index (χ0v) is 7.81. The van der Waals surface area contributed by atoms with Gasteiger partial charge in [-0.1, -0.05) is 12.1 Å². The van der Waals surface area contributed by atoms with Crippen molar-refractivity contribution in [3.05, 3.63) is 36.2 Å². The SMILES string of the molecule is O=C(O)[CH]CCCc1ccc(O)cc1. The number of unbranched alkanes of at least 4 members (excludes halogenated alkanes) is 1. The van der Waals surface area contributed by atoms with Crippen molar-refractivity contribution in [1.82, 2.24) is 0 Å². The van der Waals surface area contributed by atoms with Crippen molar-refractivity contribution < 1.29 is 15.0 Å². The van der Waals surface area contributed by atoms with E-state index in [9.17, 15) is 4.79 Å². The lowest BCUT2D eigenvalue weighted by atomic mass is 10.1. The van der Waals surface area contributed by atoms with Gasteiger partial charge in [-0.15, -0.1) is 0 Å². The van der Waals surface area contributed by atoms with E-state index in [0.29, 0.717) is 6.42 Å². The monoisotopic (exact) mass is 193 g/mol. The lowest BCUT2D eigenvalue weighted by molar-refractivity contribution is -0.133. The molecule has 0 saturated carbocycles. The van der Waals surface area contributed by atoms with Gasteiger partial charge in [0.15, 0.2) is 0 Å². The van der Waals surface area contributed by atoms with E-state index in [1.54, 1.807) is 12.1 Å². The number of benzene rings is 1. The van der Waals surface area contributed by atoms with Crippen molar-refractivity contribution in [3.63, 3.8) is 0 Å². The van der Waals surface area contributed by atoms with Crippen molar-refractivity contribution >= 4 is 5.97 Å². The zero-order chi connectivity index (χ0) is 10.4. The van der Waals surface area contributed by atoms with Crippen LogP contribution in [0.4, 0.5) is 0 Å². The smallest absolute Gasteiger partial charge is 0.307 e. The Bertz CT molecular complexity index is 290. The van der Waals surface area contributed by atoms with E-state index >= 15 is 0 Å². The molecule has 0 atom stereocenters. The Morgan fingerprint density at radius 2 is 1.93 bits per heavy atom. The van der Waals surface area contributed by atoms with Crippen LogP contribution in [0.25, 0.3) is 0 Å². The molecule has 1 radical (unpaired) electrons. The van der Waals surface area contributed by atoms with Crippen LogP contribution in [0.5, 0.6) is 5.75 Å². The number of aromatic hydroxyl groups is 1. The molecule has 1 rings (SSSR count). The molecule has 2 N–H and O–H groups in total. The van der Waals surface area contributed by atoms with Crippen molar-refractivity contribution in [2.24, 2.45) is 0 Å². The fraction of sp³-hybridized carbons (Fsp3) is 0.273. The first-order valence-electron chi connectivity index (χ1n) is 4.52. The Kier molecular flexibility index (Phi) is 3.98.